The zero-order valence-corrected chi connectivity index (χ0v) is 20.9. The van der Waals surface area contributed by atoms with Crippen LogP contribution in [0.25, 0.3) is 11.2 Å². The fourth-order valence-corrected chi connectivity index (χ4v) is 6.52. The van der Waals surface area contributed by atoms with Gasteiger partial charge in [0.05, 0.1) is 17.3 Å². The van der Waals surface area contributed by atoms with E-state index in [9.17, 15) is 28.6 Å². The topological polar surface area (TPSA) is 124 Å². The van der Waals surface area contributed by atoms with E-state index >= 15 is 0 Å². The maximum atomic E-state index is 14.8. The first-order valence-corrected chi connectivity index (χ1v) is 13.0. The van der Waals surface area contributed by atoms with Crippen LogP contribution in [-0.2, 0) is 0 Å². The summed E-state index contributed by atoms with van der Waals surface area (Å²) in [5.41, 5.74) is 1.87. The van der Waals surface area contributed by atoms with Crippen molar-refractivity contribution in [2.75, 3.05) is 6.54 Å². The molecule has 39 heavy (non-hydrogen) atoms. The summed E-state index contributed by atoms with van der Waals surface area (Å²) in [5.74, 6) is -3.16. The summed E-state index contributed by atoms with van der Waals surface area (Å²) in [6.45, 7) is 0.202. The van der Waals surface area contributed by atoms with E-state index < -0.39 is 41.7 Å². The number of halogens is 2. The molecule has 2 unspecified atom stereocenters. The molecular formula is C28H27F2N5O4. The molecule has 202 valence electrons. The molecule has 1 fully saturated rings. The van der Waals surface area contributed by atoms with Crippen LogP contribution in [-0.4, -0.2) is 53.3 Å². The van der Waals surface area contributed by atoms with E-state index in [-0.39, 0.29) is 30.3 Å². The number of H-pyrrole nitrogens is 1. The number of nitrogens with zero attached hydrogens (tertiary/aromatic N) is 4. The highest BCUT2D eigenvalue weighted by molar-refractivity contribution is 5.70. The van der Waals surface area contributed by atoms with Crippen molar-refractivity contribution < 1.29 is 23.8 Å². The smallest absolute Gasteiger partial charge is 0.407 e. The number of hydrogen-bond donors (Lipinski definition) is 3. The normalized spacial score (nSPS) is 25.3. The van der Waals surface area contributed by atoms with Gasteiger partial charge in [-0.15, -0.1) is 0 Å². The lowest BCUT2D eigenvalue weighted by Crippen LogP contribution is -2.49. The number of benzene rings is 1. The van der Waals surface area contributed by atoms with E-state index in [1.165, 1.54) is 17.0 Å². The number of pyridine rings is 2. The first-order valence-electron chi connectivity index (χ1n) is 13.0. The average Bonchev–Trinajstić information content (AvgIpc) is 3.20. The number of carbonyl (C=O) groups is 1. The van der Waals surface area contributed by atoms with Crippen molar-refractivity contribution in [3.05, 3.63) is 93.8 Å². The van der Waals surface area contributed by atoms with Gasteiger partial charge in [0.25, 0.3) is 0 Å². The Morgan fingerprint density at radius 3 is 2.54 bits per heavy atom. The van der Waals surface area contributed by atoms with Crippen molar-refractivity contribution in [1.29, 1.82) is 0 Å². The quantitative estimate of drug-likeness (QED) is 0.333. The van der Waals surface area contributed by atoms with Crippen molar-refractivity contribution in [3.8, 4) is 0 Å². The van der Waals surface area contributed by atoms with Gasteiger partial charge in [-0.2, -0.15) is 0 Å². The van der Waals surface area contributed by atoms with Crippen molar-refractivity contribution >= 4 is 17.3 Å². The molecule has 0 saturated carbocycles. The molecule has 1 aromatic carbocycles. The summed E-state index contributed by atoms with van der Waals surface area (Å²) in [7, 11) is 0. The molecule has 3 N–H and O–H groups in total. The SMILES string of the molecule is O=C(O)N1CCC(n2c(=O)[nH]c3ncccc32)CC1[C@H]1CC[C@@H](c2cccc(F)c2F)[C@H](O)c2cccnc21. The number of aliphatic hydroxyl groups excluding tert-OH is 1. The van der Waals surface area contributed by atoms with Crippen LogP contribution in [0, 0.1) is 11.6 Å². The van der Waals surface area contributed by atoms with E-state index in [0.29, 0.717) is 41.7 Å². The zero-order valence-electron chi connectivity index (χ0n) is 20.9. The Kier molecular flexibility index (Phi) is 6.38. The molecule has 1 amide bonds. The van der Waals surface area contributed by atoms with Crippen LogP contribution in [0.3, 0.4) is 0 Å². The van der Waals surface area contributed by atoms with Crippen LogP contribution in [0.5, 0.6) is 0 Å². The third-order valence-electron chi connectivity index (χ3n) is 8.27. The van der Waals surface area contributed by atoms with Gasteiger partial charge in [-0.25, -0.2) is 23.4 Å². The lowest BCUT2D eigenvalue weighted by Gasteiger charge is -2.42. The molecule has 0 bridgehead atoms. The number of nitrogens with one attached hydrogen (secondary N) is 1. The number of hydrogen-bond acceptors (Lipinski definition) is 5. The van der Waals surface area contributed by atoms with Gasteiger partial charge in [0.15, 0.2) is 17.3 Å². The van der Waals surface area contributed by atoms with Crippen LogP contribution >= 0.6 is 0 Å². The number of aromatic amines is 1. The summed E-state index contributed by atoms with van der Waals surface area (Å²) in [5, 5.41) is 21.5. The number of carboxylic acid groups (broad SMARTS) is 1. The second kappa shape index (κ2) is 9.88. The molecule has 5 atom stereocenters. The number of aliphatic hydroxyl groups is 1. The van der Waals surface area contributed by atoms with E-state index in [0.717, 1.165) is 6.07 Å². The van der Waals surface area contributed by atoms with Crippen molar-refractivity contribution in [3.63, 3.8) is 0 Å². The number of aromatic nitrogens is 4. The van der Waals surface area contributed by atoms with E-state index in [4.69, 9.17) is 0 Å². The minimum Gasteiger partial charge on any atom is -0.465 e. The lowest BCUT2D eigenvalue weighted by atomic mass is 9.82. The number of likely N-dealkylation sites (tertiary alicyclic amines) is 1. The molecule has 9 nitrogen and oxygen atoms in total. The molecule has 4 heterocycles. The third kappa shape index (κ3) is 4.26. The van der Waals surface area contributed by atoms with Crippen LogP contribution in [0.4, 0.5) is 13.6 Å². The highest BCUT2D eigenvalue weighted by Crippen LogP contribution is 2.47. The molecule has 4 aromatic rings. The first kappa shape index (κ1) is 25.2. The number of rotatable bonds is 3. The third-order valence-corrected chi connectivity index (χ3v) is 8.27. The molecular weight excluding hydrogens is 508 g/mol. The molecule has 0 spiro atoms. The second-order valence-electron chi connectivity index (χ2n) is 10.2. The van der Waals surface area contributed by atoms with Crippen LogP contribution in [0.2, 0.25) is 0 Å². The Labute approximate surface area is 221 Å². The molecule has 1 saturated heterocycles. The average molecular weight is 536 g/mol. The number of amides is 1. The maximum absolute atomic E-state index is 14.8. The van der Waals surface area contributed by atoms with E-state index in [1.54, 1.807) is 41.2 Å². The summed E-state index contributed by atoms with van der Waals surface area (Å²) < 4.78 is 30.6. The summed E-state index contributed by atoms with van der Waals surface area (Å²) in [4.78, 5) is 38.3. The van der Waals surface area contributed by atoms with Gasteiger partial charge < -0.3 is 15.1 Å². The van der Waals surface area contributed by atoms with Crippen molar-refractivity contribution in [2.45, 2.75) is 55.7 Å². The standard InChI is InChI=1S/C28H27F2N5O4/c29-20-6-1-4-16(23(20)30)17-8-9-18(24-19(25(17)36)5-2-11-31-24)22-14-15(10-13-34(22)28(38)39)35-21-7-3-12-32-26(21)33-27(35)37/h1-7,11-12,15,17-18,22,25,36H,8-10,13-14H2,(H,38,39)(H,32,33,37)/t15?,17-,18+,22?,25-/m0/s1. The van der Waals surface area contributed by atoms with Gasteiger partial charge in [0, 0.05) is 48.4 Å². The highest BCUT2D eigenvalue weighted by atomic mass is 19.2. The van der Waals surface area contributed by atoms with Gasteiger partial charge in [-0.3, -0.25) is 14.5 Å². The Balaban J connectivity index is 1.41. The summed E-state index contributed by atoms with van der Waals surface area (Å²) in [6, 6.07) is 9.98. The molecule has 6 rings (SSSR count). The monoisotopic (exact) mass is 535 g/mol. The lowest BCUT2D eigenvalue weighted by molar-refractivity contribution is 0.0776. The molecule has 1 aliphatic heterocycles. The number of fused-ring (bicyclic) bond motifs is 2. The van der Waals surface area contributed by atoms with Crippen LogP contribution in [0.1, 0.15) is 66.5 Å². The van der Waals surface area contributed by atoms with E-state index in [1.807, 2.05) is 0 Å². The second-order valence-corrected chi connectivity index (χ2v) is 10.2. The highest BCUT2D eigenvalue weighted by Gasteiger charge is 2.43. The first-order chi connectivity index (χ1) is 18.8. The molecule has 2 aliphatic rings. The van der Waals surface area contributed by atoms with Crippen molar-refractivity contribution in [1.82, 2.24) is 24.4 Å². The molecule has 1 aliphatic carbocycles. The minimum atomic E-state index is -1.16. The Hall–Kier alpha value is -4.12. The van der Waals surface area contributed by atoms with Gasteiger partial charge in [0.2, 0.25) is 0 Å². The van der Waals surface area contributed by atoms with Gasteiger partial charge >= 0.3 is 11.8 Å². The molecule has 3 aromatic heterocycles. The Morgan fingerprint density at radius 2 is 1.72 bits per heavy atom. The van der Waals surface area contributed by atoms with Crippen molar-refractivity contribution in [2.24, 2.45) is 0 Å². The molecule has 0 radical (unpaired) electrons. The predicted octanol–water partition coefficient (Wildman–Crippen LogP) is 4.48. The Bertz CT molecular complexity index is 1600. The van der Waals surface area contributed by atoms with Gasteiger partial charge in [-0.05, 0) is 55.5 Å². The maximum Gasteiger partial charge on any atom is 0.407 e. The Morgan fingerprint density at radius 1 is 0.974 bits per heavy atom. The number of imidazole rings is 1. The minimum absolute atomic E-state index is 0.0763. The zero-order chi connectivity index (χ0) is 27.3. The summed E-state index contributed by atoms with van der Waals surface area (Å²) in [6.07, 6.45) is 2.38. The number of piperidine rings is 1. The predicted molar refractivity (Wildman–Crippen MR) is 137 cm³/mol. The van der Waals surface area contributed by atoms with Crippen LogP contribution < -0.4 is 5.69 Å². The fourth-order valence-electron chi connectivity index (χ4n) is 6.52. The van der Waals surface area contributed by atoms with Gasteiger partial charge in [-0.1, -0.05) is 18.2 Å². The largest absolute Gasteiger partial charge is 0.465 e. The summed E-state index contributed by atoms with van der Waals surface area (Å²) >= 11 is 0. The van der Waals surface area contributed by atoms with E-state index in [2.05, 4.69) is 15.0 Å². The molecule has 11 heteroatoms. The van der Waals surface area contributed by atoms with Crippen LogP contribution in [0.15, 0.2) is 59.7 Å². The fraction of sp³-hybridized carbons (Fsp3) is 0.357. The van der Waals surface area contributed by atoms with Gasteiger partial charge in [0.1, 0.15) is 0 Å².